The summed E-state index contributed by atoms with van der Waals surface area (Å²) in [7, 11) is 0. The molecule has 0 aromatic carbocycles. The van der Waals surface area contributed by atoms with E-state index in [2.05, 4.69) is 4.98 Å². The van der Waals surface area contributed by atoms with Gasteiger partial charge in [-0.3, -0.25) is 0 Å². The largest absolute Gasteiger partial charge is 0.462 e. The van der Waals surface area contributed by atoms with Gasteiger partial charge in [-0.25, -0.2) is 9.78 Å². The summed E-state index contributed by atoms with van der Waals surface area (Å²) in [6.07, 6.45) is 4.02. The quantitative estimate of drug-likeness (QED) is 0.589. The van der Waals surface area contributed by atoms with Crippen LogP contribution in [0.3, 0.4) is 0 Å². The van der Waals surface area contributed by atoms with Crippen LogP contribution in [0.2, 0.25) is 5.15 Å². The number of aryl methyl sites for hydroxylation is 1. The Morgan fingerprint density at radius 2 is 2.25 bits per heavy atom. The molecule has 0 radical (unpaired) electrons. The second kappa shape index (κ2) is 4.83. The molecule has 0 bridgehead atoms. The molecule has 0 saturated carbocycles. The lowest BCUT2D eigenvalue weighted by molar-refractivity contribution is 0.0524. The first-order chi connectivity index (χ1) is 7.72. The predicted molar refractivity (Wildman–Crippen MR) is 61.8 cm³/mol. The first kappa shape index (κ1) is 11.4. The zero-order chi connectivity index (χ0) is 11.5. The highest BCUT2D eigenvalue weighted by Crippen LogP contribution is 2.26. The maximum absolute atomic E-state index is 11.8. The first-order valence-electron chi connectivity index (χ1n) is 5.57. The van der Waals surface area contributed by atoms with Crippen molar-refractivity contribution in [1.82, 2.24) is 4.98 Å². The lowest BCUT2D eigenvalue weighted by Gasteiger charge is -2.17. The molecule has 0 atom stereocenters. The van der Waals surface area contributed by atoms with Gasteiger partial charge in [-0.2, -0.15) is 0 Å². The summed E-state index contributed by atoms with van der Waals surface area (Å²) in [4.78, 5) is 16.0. The number of ether oxygens (including phenoxy) is 1. The Hall–Kier alpha value is -1.09. The van der Waals surface area contributed by atoms with Gasteiger partial charge < -0.3 is 4.74 Å². The van der Waals surface area contributed by atoms with E-state index < -0.39 is 0 Å². The van der Waals surface area contributed by atoms with Crippen LogP contribution in [0.15, 0.2) is 6.07 Å². The molecule has 1 aliphatic carbocycles. The van der Waals surface area contributed by atoms with Crippen molar-refractivity contribution in [3.63, 3.8) is 0 Å². The minimum absolute atomic E-state index is 0.287. The van der Waals surface area contributed by atoms with Crippen LogP contribution < -0.4 is 0 Å². The van der Waals surface area contributed by atoms with Crippen LogP contribution in [-0.2, 0) is 17.6 Å². The molecule has 0 N–H and O–H groups in total. The van der Waals surface area contributed by atoms with Crippen molar-refractivity contribution in [1.29, 1.82) is 0 Å². The Labute approximate surface area is 99.8 Å². The van der Waals surface area contributed by atoms with Crippen molar-refractivity contribution in [3.05, 3.63) is 28.0 Å². The van der Waals surface area contributed by atoms with Crippen LogP contribution >= 0.6 is 11.6 Å². The summed E-state index contributed by atoms with van der Waals surface area (Å²) in [5.74, 6) is -0.287. The van der Waals surface area contributed by atoms with Gasteiger partial charge in [0.1, 0.15) is 5.15 Å². The fraction of sp³-hybridized carbons (Fsp3) is 0.500. The van der Waals surface area contributed by atoms with Crippen LogP contribution in [0.4, 0.5) is 0 Å². The van der Waals surface area contributed by atoms with Gasteiger partial charge in [0.05, 0.1) is 12.2 Å². The van der Waals surface area contributed by atoms with Gasteiger partial charge in [0, 0.05) is 5.69 Å². The zero-order valence-corrected chi connectivity index (χ0v) is 10.0. The van der Waals surface area contributed by atoms with E-state index in [4.69, 9.17) is 16.3 Å². The van der Waals surface area contributed by atoms with Gasteiger partial charge in [0.2, 0.25) is 0 Å². The monoisotopic (exact) mass is 239 g/mol. The molecule has 4 heteroatoms. The molecule has 16 heavy (non-hydrogen) atoms. The highest BCUT2D eigenvalue weighted by molar-refractivity contribution is 6.29. The minimum atomic E-state index is -0.287. The normalized spacial score (nSPS) is 14.4. The summed E-state index contributed by atoms with van der Waals surface area (Å²) < 4.78 is 5.02. The highest BCUT2D eigenvalue weighted by Gasteiger charge is 2.20. The van der Waals surface area contributed by atoms with E-state index in [1.165, 1.54) is 0 Å². The van der Waals surface area contributed by atoms with Crippen LogP contribution in [0.1, 0.15) is 41.4 Å². The van der Waals surface area contributed by atoms with Gasteiger partial charge in [0.15, 0.2) is 0 Å². The molecule has 0 spiro atoms. The molecule has 1 heterocycles. The molecule has 0 saturated heterocycles. The third kappa shape index (κ3) is 2.19. The van der Waals surface area contributed by atoms with Crippen molar-refractivity contribution < 1.29 is 9.53 Å². The van der Waals surface area contributed by atoms with E-state index in [0.29, 0.717) is 17.3 Å². The van der Waals surface area contributed by atoms with Crippen molar-refractivity contribution in [2.75, 3.05) is 6.61 Å². The molecule has 86 valence electrons. The Bertz CT molecular complexity index is 418. The number of rotatable bonds is 2. The maximum Gasteiger partial charge on any atom is 0.338 e. The minimum Gasteiger partial charge on any atom is -0.462 e. The Kier molecular flexibility index (Phi) is 3.44. The van der Waals surface area contributed by atoms with Crippen molar-refractivity contribution in [3.8, 4) is 0 Å². The lowest BCUT2D eigenvalue weighted by Crippen LogP contribution is -2.14. The van der Waals surface area contributed by atoms with Gasteiger partial charge in [-0.15, -0.1) is 0 Å². The second-order valence-electron chi connectivity index (χ2n) is 3.85. The molecule has 0 amide bonds. The van der Waals surface area contributed by atoms with Crippen LogP contribution in [0, 0.1) is 0 Å². The molecular formula is C12H14ClNO2. The molecular weight excluding hydrogens is 226 g/mol. The smallest absolute Gasteiger partial charge is 0.338 e. The summed E-state index contributed by atoms with van der Waals surface area (Å²) in [6, 6.07) is 1.61. The highest BCUT2D eigenvalue weighted by atomic mass is 35.5. The molecule has 2 rings (SSSR count). The average Bonchev–Trinajstić information content (AvgIpc) is 2.28. The summed E-state index contributed by atoms with van der Waals surface area (Å²) >= 11 is 5.91. The van der Waals surface area contributed by atoms with Gasteiger partial charge in [-0.1, -0.05) is 11.6 Å². The Balaban J connectivity index is 2.43. The Morgan fingerprint density at radius 1 is 1.50 bits per heavy atom. The average molecular weight is 240 g/mol. The first-order valence-corrected chi connectivity index (χ1v) is 5.95. The fourth-order valence-electron chi connectivity index (χ4n) is 2.06. The van der Waals surface area contributed by atoms with Crippen molar-refractivity contribution in [2.45, 2.75) is 32.6 Å². The summed E-state index contributed by atoms with van der Waals surface area (Å²) in [5.41, 5.74) is 2.58. The van der Waals surface area contributed by atoms with E-state index >= 15 is 0 Å². The van der Waals surface area contributed by atoms with Gasteiger partial charge >= 0.3 is 5.97 Å². The summed E-state index contributed by atoms with van der Waals surface area (Å²) in [5, 5.41) is 0.378. The summed E-state index contributed by atoms with van der Waals surface area (Å²) in [6.45, 7) is 2.18. The number of hydrogen-bond donors (Lipinski definition) is 0. The van der Waals surface area contributed by atoms with Crippen LogP contribution in [0.25, 0.3) is 0 Å². The topological polar surface area (TPSA) is 39.2 Å². The number of carbonyl (C=O) groups is 1. The number of nitrogens with zero attached hydrogens (tertiary/aromatic N) is 1. The fourth-order valence-corrected chi connectivity index (χ4v) is 2.27. The number of carbonyl (C=O) groups excluding carboxylic acids is 1. The van der Waals surface area contributed by atoms with Crippen molar-refractivity contribution >= 4 is 17.6 Å². The van der Waals surface area contributed by atoms with E-state index in [1.54, 1.807) is 13.0 Å². The number of pyridine rings is 1. The number of aromatic nitrogens is 1. The third-order valence-corrected chi connectivity index (χ3v) is 2.96. The predicted octanol–water partition coefficient (Wildman–Crippen LogP) is 2.79. The number of hydrogen-bond acceptors (Lipinski definition) is 3. The maximum atomic E-state index is 11.8. The van der Waals surface area contributed by atoms with E-state index in [-0.39, 0.29) is 5.97 Å². The van der Waals surface area contributed by atoms with E-state index in [1.807, 2.05) is 0 Å². The molecule has 0 fully saturated rings. The molecule has 0 aliphatic heterocycles. The standard InChI is InChI=1S/C12H14ClNO2/c1-2-16-12(15)9-7-11(13)14-10-6-4-3-5-8(9)10/h7H,2-6H2,1H3. The molecule has 1 aromatic heterocycles. The second-order valence-corrected chi connectivity index (χ2v) is 4.23. The van der Waals surface area contributed by atoms with Gasteiger partial charge in [-0.05, 0) is 44.2 Å². The number of halogens is 1. The van der Waals surface area contributed by atoms with Crippen LogP contribution in [0.5, 0.6) is 0 Å². The lowest BCUT2D eigenvalue weighted by atomic mass is 9.92. The number of fused-ring (bicyclic) bond motifs is 1. The molecule has 3 nitrogen and oxygen atoms in total. The zero-order valence-electron chi connectivity index (χ0n) is 9.25. The van der Waals surface area contributed by atoms with E-state index in [0.717, 1.165) is 36.9 Å². The molecule has 0 unspecified atom stereocenters. The van der Waals surface area contributed by atoms with Gasteiger partial charge in [0.25, 0.3) is 0 Å². The third-order valence-electron chi connectivity index (χ3n) is 2.76. The Morgan fingerprint density at radius 3 is 3.00 bits per heavy atom. The number of esters is 1. The molecule has 1 aliphatic rings. The molecule has 1 aromatic rings. The van der Waals surface area contributed by atoms with E-state index in [9.17, 15) is 4.79 Å². The van der Waals surface area contributed by atoms with Crippen LogP contribution in [-0.4, -0.2) is 17.6 Å². The van der Waals surface area contributed by atoms with Crippen molar-refractivity contribution in [2.24, 2.45) is 0 Å². The SMILES string of the molecule is CCOC(=O)c1cc(Cl)nc2c1CCCC2.